The number of hydrogen-bond donors (Lipinski definition) is 1. The number of aliphatic hydroxyl groups excluding tert-OH is 1. The van der Waals surface area contributed by atoms with E-state index in [1.165, 1.54) is 0 Å². The van der Waals surface area contributed by atoms with E-state index in [1.54, 1.807) is 6.20 Å². The summed E-state index contributed by atoms with van der Waals surface area (Å²) in [6, 6.07) is 13.8. The van der Waals surface area contributed by atoms with Gasteiger partial charge in [-0.15, -0.1) is 0 Å². The highest BCUT2D eigenvalue weighted by atomic mass is 16.3. The number of imidazole rings is 1. The van der Waals surface area contributed by atoms with Gasteiger partial charge in [-0.05, 0) is 17.7 Å². The monoisotopic (exact) mass is 277 g/mol. The lowest BCUT2D eigenvalue weighted by atomic mass is 9.99. The summed E-state index contributed by atoms with van der Waals surface area (Å²) in [7, 11) is 0. The van der Waals surface area contributed by atoms with Crippen LogP contribution in [0, 0.1) is 0 Å². The van der Waals surface area contributed by atoms with Crippen LogP contribution in [0.4, 0.5) is 0 Å². The molecular formula is C17H15N3O. The lowest BCUT2D eigenvalue weighted by Gasteiger charge is -2.18. The maximum Gasteiger partial charge on any atom is 0.0957 e. The van der Waals surface area contributed by atoms with Crippen molar-refractivity contribution in [1.29, 1.82) is 0 Å². The average Bonchev–Trinajstić information content (AvgIpc) is 3.11. The molecule has 4 nitrogen and oxygen atoms in total. The summed E-state index contributed by atoms with van der Waals surface area (Å²) in [5.41, 5.74) is 4.14. The Kier molecular flexibility index (Phi) is 2.82. The fraction of sp³-hybridized carbons (Fsp3) is 0.176. The lowest BCUT2D eigenvalue weighted by Crippen LogP contribution is -2.11. The highest BCUT2D eigenvalue weighted by molar-refractivity contribution is 5.66. The Hall–Kier alpha value is -2.46. The lowest BCUT2D eigenvalue weighted by molar-refractivity contribution is 0.153. The van der Waals surface area contributed by atoms with Crippen molar-refractivity contribution < 1.29 is 5.11 Å². The summed E-state index contributed by atoms with van der Waals surface area (Å²) in [4.78, 5) is 8.74. The van der Waals surface area contributed by atoms with Gasteiger partial charge in [-0.25, -0.2) is 4.98 Å². The van der Waals surface area contributed by atoms with Gasteiger partial charge in [-0.1, -0.05) is 30.3 Å². The first kappa shape index (κ1) is 12.3. The summed E-state index contributed by atoms with van der Waals surface area (Å²) in [5, 5.41) is 10.5. The first-order valence-electron chi connectivity index (χ1n) is 7.04. The summed E-state index contributed by atoms with van der Waals surface area (Å²) in [5.74, 6) is 0. The molecule has 4 heteroatoms. The predicted octanol–water partition coefficient (Wildman–Crippen LogP) is 2.97. The molecule has 2 atom stereocenters. The van der Waals surface area contributed by atoms with E-state index in [1.807, 2.05) is 48.9 Å². The van der Waals surface area contributed by atoms with E-state index in [4.69, 9.17) is 0 Å². The third-order valence-corrected chi connectivity index (χ3v) is 4.06. The summed E-state index contributed by atoms with van der Waals surface area (Å²) < 4.78 is 2.10. The van der Waals surface area contributed by atoms with Gasteiger partial charge < -0.3 is 9.67 Å². The van der Waals surface area contributed by atoms with E-state index in [0.717, 1.165) is 22.5 Å². The van der Waals surface area contributed by atoms with Crippen LogP contribution in [0.1, 0.15) is 29.8 Å². The molecule has 1 aromatic carbocycles. The van der Waals surface area contributed by atoms with Gasteiger partial charge in [-0.2, -0.15) is 0 Å². The smallest absolute Gasteiger partial charge is 0.0957 e. The number of aromatic nitrogens is 3. The molecule has 0 bridgehead atoms. The van der Waals surface area contributed by atoms with Crippen molar-refractivity contribution in [2.24, 2.45) is 0 Å². The molecule has 0 unspecified atom stereocenters. The summed E-state index contributed by atoms with van der Waals surface area (Å²) in [6.45, 7) is 0. The molecule has 1 N–H and O–H groups in total. The molecule has 0 saturated heterocycles. The molecule has 0 amide bonds. The molecule has 0 saturated carbocycles. The molecular weight excluding hydrogens is 262 g/mol. The predicted molar refractivity (Wildman–Crippen MR) is 79.6 cm³/mol. The molecule has 3 heterocycles. The first-order chi connectivity index (χ1) is 10.3. The Morgan fingerprint density at radius 1 is 1.14 bits per heavy atom. The normalized spacial score (nSPS) is 17.3. The van der Waals surface area contributed by atoms with Crippen LogP contribution in [0.5, 0.6) is 0 Å². The number of pyridine rings is 1. The van der Waals surface area contributed by atoms with Crippen molar-refractivity contribution in [1.82, 2.24) is 14.5 Å². The molecule has 21 heavy (non-hydrogen) atoms. The van der Waals surface area contributed by atoms with Gasteiger partial charge in [-0.3, -0.25) is 4.98 Å². The molecule has 1 aliphatic rings. The van der Waals surface area contributed by atoms with E-state index in [9.17, 15) is 5.11 Å². The molecule has 1 aliphatic heterocycles. The van der Waals surface area contributed by atoms with Crippen LogP contribution in [0.3, 0.4) is 0 Å². The minimum Gasteiger partial charge on any atom is -0.388 e. The van der Waals surface area contributed by atoms with Crippen LogP contribution in [0.15, 0.2) is 61.2 Å². The van der Waals surface area contributed by atoms with Crippen molar-refractivity contribution in [2.45, 2.75) is 18.6 Å². The van der Waals surface area contributed by atoms with Gasteiger partial charge in [0.25, 0.3) is 0 Å². The second-order valence-corrected chi connectivity index (χ2v) is 5.30. The summed E-state index contributed by atoms with van der Waals surface area (Å²) in [6.07, 6.45) is 5.56. The number of nitrogens with zero attached hydrogens (tertiary/aromatic N) is 3. The largest absolute Gasteiger partial charge is 0.388 e. The number of rotatable bonds is 3. The van der Waals surface area contributed by atoms with Gasteiger partial charge in [0.2, 0.25) is 0 Å². The van der Waals surface area contributed by atoms with Crippen LogP contribution in [0.2, 0.25) is 0 Å². The van der Waals surface area contributed by atoms with Crippen LogP contribution in [-0.4, -0.2) is 19.6 Å². The molecule has 2 aromatic heterocycles. The zero-order valence-electron chi connectivity index (χ0n) is 11.4. The van der Waals surface area contributed by atoms with E-state index in [0.29, 0.717) is 6.42 Å². The Morgan fingerprint density at radius 2 is 2.00 bits per heavy atom. The van der Waals surface area contributed by atoms with Crippen molar-refractivity contribution in [2.75, 3.05) is 0 Å². The minimum atomic E-state index is -0.514. The quantitative estimate of drug-likeness (QED) is 0.800. The van der Waals surface area contributed by atoms with Crippen molar-refractivity contribution in [3.8, 4) is 11.3 Å². The van der Waals surface area contributed by atoms with Crippen molar-refractivity contribution in [3.63, 3.8) is 0 Å². The fourth-order valence-corrected chi connectivity index (χ4v) is 3.04. The topological polar surface area (TPSA) is 50.9 Å². The second-order valence-electron chi connectivity index (χ2n) is 5.30. The maximum atomic E-state index is 10.5. The number of aliphatic hydroxyl groups is 1. The average molecular weight is 277 g/mol. The minimum absolute atomic E-state index is 0.0360. The van der Waals surface area contributed by atoms with E-state index < -0.39 is 6.10 Å². The van der Waals surface area contributed by atoms with E-state index in [2.05, 4.69) is 20.6 Å². The van der Waals surface area contributed by atoms with Gasteiger partial charge >= 0.3 is 0 Å². The third-order valence-electron chi connectivity index (χ3n) is 4.06. The van der Waals surface area contributed by atoms with Crippen molar-refractivity contribution >= 4 is 0 Å². The van der Waals surface area contributed by atoms with E-state index in [-0.39, 0.29) is 6.04 Å². The van der Waals surface area contributed by atoms with Crippen LogP contribution >= 0.6 is 0 Å². The standard InChI is InChI=1S/C17H15N3O/c21-16(12-5-2-1-3-6-12)9-14-17-13(7-4-8-19-17)15-10-18-11-20(14)15/h1-8,10-11,14,16,21H,9H2/t14-,16+/m1/s1. The summed E-state index contributed by atoms with van der Waals surface area (Å²) >= 11 is 0. The third kappa shape index (κ3) is 1.96. The highest BCUT2D eigenvalue weighted by Crippen LogP contribution is 2.41. The Balaban J connectivity index is 1.70. The van der Waals surface area contributed by atoms with Gasteiger partial charge in [0.1, 0.15) is 0 Å². The highest BCUT2D eigenvalue weighted by Gasteiger charge is 2.31. The Morgan fingerprint density at radius 3 is 2.86 bits per heavy atom. The molecule has 0 aliphatic carbocycles. The molecule has 4 rings (SSSR count). The number of hydrogen-bond acceptors (Lipinski definition) is 3. The number of benzene rings is 1. The first-order valence-corrected chi connectivity index (χ1v) is 7.04. The van der Waals surface area contributed by atoms with Gasteiger partial charge in [0.15, 0.2) is 0 Å². The fourth-order valence-electron chi connectivity index (χ4n) is 3.04. The van der Waals surface area contributed by atoms with E-state index >= 15 is 0 Å². The van der Waals surface area contributed by atoms with Gasteiger partial charge in [0, 0.05) is 18.2 Å². The zero-order chi connectivity index (χ0) is 14.2. The van der Waals surface area contributed by atoms with Crippen molar-refractivity contribution in [3.05, 3.63) is 72.4 Å². The Bertz CT molecular complexity index is 766. The van der Waals surface area contributed by atoms with Crippen LogP contribution in [0.25, 0.3) is 11.3 Å². The maximum absolute atomic E-state index is 10.5. The molecule has 0 spiro atoms. The molecule has 3 aromatic rings. The second kappa shape index (κ2) is 4.82. The van der Waals surface area contributed by atoms with Crippen LogP contribution in [-0.2, 0) is 0 Å². The zero-order valence-corrected chi connectivity index (χ0v) is 11.4. The Labute approximate surface area is 122 Å². The van der Waals surface area contributed by atoms with Gasteiger partial charge in [0.05, 0.1) is 36.1 Å². The molecule has 0 radical (unpaired) electrons. The molecule has 104 valence electrons. The number of fused-ring (bicyclic) bond motifs is 3. The SMILES string of the molecule is O[C@@H](C[C@@H]1c2ncccc2-c2cncn21)c1ccccc1. The van der Waals surface area contributed by atoms with Crippen LogP contribution < -0.4 is 0 Å². The molecule has 0 fully saturated rings.